The summed E-state index contributed by atoms with van der Waals surface area (Å²) in [6.07, 6.45) is 3.36. The third-order valence-corrected chi connectivity index (χ3v) is 5.64. The van der Waals surface area contributed by atoms with Crippen LogP contribution in [-0.2, 0) is 0 Å². The van der Waals surface area contributed by atoms with E-state index >= 15 is 0 Å². The molecule has 6 heteroatoms. The van der Waals surface area contributed by atoms with Gasteiger partial charge in [-0.2, -0.15) is 0 Å². The number of aryl methyl sites for hydroxylation is 1. The van der Waals surface area contributed by atoms with Gasteiger partial charge >= 0.3 is 0 Å². The van der Waals surface area contributed by atoms with Crippen LogP contribution in [0.25, 0.3) is 6.08 Å². The first-order valence-electron chi connectivity index (χ1n) is 9.90. The number of carbonyl (C=O) groups is 1. The van der Waals surface area contributed by atoms with E-state index in [0.717, 1.165) is 31.0 Å². The van der Waals surface area contributed by atoms with Crippen molar-refractivity contribution in [3.8, 4) is 0 Å². The number of rotatable bonds is 5. The molecule has 2 aromatic heterocycles. The summed E-state index contributed by atoms with van der Waals surface area (Å²) in [5, 5.41) is 3.88. The van der Waals surface area contributed by atoms with E-state index in [0.29, 0.717) is 16.3 Å². The van der Waals surface area contributed by atoms with Gasteiger partial charge in [-0.25, -0.2) is 4.98 Å². The van der Waals surface area contributed by atoms with Gasteiger partial charge in [0.15, 0.2) is 0 Å². The van der Waals surface area contributed by atoms with Crippen LogP contribution in [0, 0.1) is 6.92 Å². The maximum Gasteiger partial charge on any atom is 0.214 e. The summed E-state index contributed by atoms with van der Waals surface area (Å²) in [5.41, 5.74) is 3.39. The van der Waals surface area contributed by atoms with Crippen LogP contribution in [0.2, 0.25) is 5.02 Å². The molecule has 3 aromatic rings. The zero-order valence-corrected chi connectivity index (χ0v) is 17.6. The van der Waals surface area contributed by atoms with Crippen molar-refractivity contribution in [2.75, 3.05) is 24.5 Å². The fourth-order valence-electron chi connectivity index (χ4n) is 3.65. The number of hydrogen-bond acceptors (Lipinski definition) is 5. The van der Waals surface area contributed by atoms with E-state index in [1.807, 2.05) is 24.3 Å². The van der Waals surface area contributed by atoms with Crippen molar-refractivity contribution in [1.82, 2.24) is 15.3 Å². The first-order valence-corrected chi connectivity index (χ1v) is 10.3. The van der Waals surface area contributed by atoms with Crippen LogP contribution < -0.4 is 10.2 Å². The fourth-order valence-corrected chi connectivity index (χ4v) is 3.84. The minimum Gasteiger partial charge on any atom is -0.353 e. The number of nitrogens with zero attached hydrogens (tertiary/aromatic N) is 3. The van der Waals surface area contributed by atoms with Crippen molar-refractivity contribution in [3.05, 3.63) is 94.4 Å². The second kappa shape index (κ2) is 8.78. The molecule has 0 amide bonds. The Kier molecular flexibility index (Phi) is 5.93. The van der Waals surface area contributed by atoms with Crippen LogP contribution in [0.5, 0.6) is 0 Å². The molecule has 1 N–H and O–H groups in total. The molecule has 0 radical (unpaired) electrons. The summed E-state index contributed by atoms with van der Waals surface area (Å²) in [6, 6.07) is 15.9. The number of pyridine rings is 2. The Hall–Kier alpha value is -3.02. The second-order valence-electron chi connectivity index (χ2n) is 7.30. The monoisotopic (exact) mass is 418 g/mol. The lowest BCUT2D eigenvalue weighted by atomic mass is 10.0. The zero-order valence-electron chi connectivity index (χ0n) is 16.8. The number of benzene rings is 1. The van der Waals surface area contributed by atoms with E-state index in [2.05, 4.69) is 38.9 Å². The molecule has 1 atom stereocenters. The van der Waals surface area contributed by atoms with Crippen LogP contribution in [0.3, 0.4) is 0 Å². The molecular formula is C24H23ClN4O. The highest BCUT2D eigenvalue weighted by Gasteiger charge is 2.24. The lowest BCUT2D eigenvalue weighted by Gasteiger charge is -2.35. The molecule has 4 rings (SSSR count). The largest absolute Gasteiger partial charge is 0.353 e. The third kappa shape index (κ3) is 4.13. The molecule has 0 aliphatic carbocycles. The number of piperazine rings is 1. The van der Waals surface area contributed by atoms with Crippen LogP contribution in [-0.4, -0.2) is 35.4 Å². The number of aromatic nitrogens is 2. The predicted octanol–water partition coefficient (Wildman–Crippen LogP) is 4.46. The molecular weight excluding hydrogens is 396 g/mol. The van der Waals surface area contributed by atoms with Gasteiger partial charge in [-0.05, 0) is 36.2 Å². The van der Waals surface area contributed by atoms with Gasteiger partial charge in [0.05, 0.1) is 5.02 Å². The number of carbonyl (C=O) groups excluding carboxylic acids is 1. The molecule has 1 saturated heterocycles. The molecule has 30 heavy (non-hydrogen) atoms. The zero-order chi connectivity index (χ0) is 21.1. The highest BCUT2D eigenvalue weighted by Crippen LogP contribution is 2.26. The van der Waals surface area contributed by atoms with E-state index in [1.54, 1.807) is 31.3 Å². The maximum atomic E-state index is 13.2. The van der Waals surface area contributed by atoms with Crippen LogP contribution in [0.4, 0.5) is 5.82 Å². The van der Waals surface area contributed by atoms with Gasteiger partial charge < -0.3 is 10.2 Å². The number of nitrogens with one attached hydrogen (secondary N) is 1. The van der Waals surface area contributed by atoms with E-state index in [-0.39, 0.29) is 17.5 Å². The summed E-state index contributed by atoms with van der Waals surface area (Å²) in [7, 11) is 0. The lowest BCUT2D eigenvalue weighted by Crippen LogP contribution is -2.46. The Morgan fingerprint density at radius 3 is 2.83 bits per heavy atom. The first-order chi connectivity index (χ1) is 14.6. The summed E-state index contributed by atoms with van der Waals surface area (Å²) in [6.45, 7) is 7.95. The quantitative estimate of drug-likeness (QED) is 0.620. The Balaban J connectivity index is 1.63. The minimum atomic E-state index is -0.231. The van der Waals surface area contributed by atoms with Gasteiger partial charge in [-0.3, -0.25) is 9.78 Å². The van der Waals surface area contributed by atoms with E-state index in [4.69, 9.17) is 11.6 Å². The Bertz CT molecular complexity index is 1080. The van der Waals surface area contributed by atoms with E-state index < -0.39 is 0 Å². The van der Waals surface area contributed by atoms with Gasteiger partial charge in [-0.15, -0.1) is 0 Å². The molecule has 1 aromatic carbocycles. The molecule has 1 unspecified atom stereocenters. The fraction of sp³-hybridized carbons (Fsp3) is 0.208. The van der Waals surface area contributed by atoms with Crippen molar-refractivity contribution in [2.45, 2.75) is 13.0 Å². The summed E-state index contributed by atoms with van der Waals surface area (Å²) < 4.78 is 0. The van der Waals surface area contributed by atoms with E-state index in [1.165, 1.54) is 5.56 Å². The van der Waals surface area contributed by atoms with E-state index in [9.17, 15) is 4.79 Å². The Morgan fingerprint density at radius 2 is 2.07 bits per heavy atom. The summed E-state index contributed by atoms with van der Waals surface area (Å²) in [4.78, 5) is 24.4. The lowest BCUT2D eigenvalue weighted by molar-refractivity contribution is 0.103. The van der Waals surface area contributed by atoms with Crippen molar-refractivity contribution >= 4 is 29.3 Å². The number of ketones is 1. The van der Waals surface area contributed by atoms with Gasteiger partial charge in [0, 0.05) is 43.1 Å². The normalized spacial score (nSPS) is 16.3. The highest BCUT2D eigenvalue weighted by molar-refractivity contribution is 6.34. The highest BCUT2D eigenvalue weighted by atomic mass is 35.5. The predicted molar refractivity (Wildman–Crippen MR) is 121 cm³/mol. The average Bonchev–Trinajstić information content (AvgIpc) is 2.80. The Morgan fingerprint density at radius 1 is 1.27 bits per heavy atom. The third-order valence-electron chi connectivity index (χ3n) is 5.34. The van der Waals surface area contributed by atoms with Crippen LogP contribution in [0.15, 0.2) is 61.3 Å². The van der Waals surface area contributed by atoms with Crippen LogP contribution >= 0.6 is 11.6 Å². The maximum absolute atomic E-state index is 13.2. The van der Waals surface area contributed by atoms with Crippen molar-refractivity contribution in [3.63, 3.8) is 0 Å². The topological polar surface area (TPSA) is 58.1 Å². The van der Waals surface area contributed by atoms with Crippen molar-refractivity contribution < 1.29 is 4.79 Å². The average molecular weight is 419 g/mol. The van der Waals surface area contributed by atoms with Gasteiger partial charge in [0.2, 0.25) is 5.78 Å². The van der Waals surface area contributed by atoms with Crippen molar-refractivity contribution in [1.29, 1.82) is 0 Å². The standard InChI is InChI=1S/C24H23ClN4O/c1-3-17-13-19(16(2)27-14-17)24(30)23-20(25)9-10-22(28-23)29-12-11-26-21(15-29)18-7-5-4-6-8-18/h3-10,13-14,21,26H,1,11-12,15H2,2H3. The minimum absolute atomic E-state index is 0.201. The number of anilines is 1. The second-order valence-corrected chi connectivity index (χ2v) is 7.71. The molecule has 1 aliphatic rings. The Labute approximate surface area is 181 Å². The molecule has 3 heterocycles. The summed E-state index contributed by atoms with van der Waals surface area (Å²) >= 11 is 6.38. The summed E-state index contributed by atoms with van der Waals surface area (Å²) in [5.74, 6) is 0.515. The van der Waals surface area contributed by atoms with Gasteiger partial charge in [-0.1, -0.05) is 54.6 Å². The molecule has 5 nitrogen and oxygen atoms in total. The number of hydrogen-bond donors (Lipinski definition) is 1. The molecule has 152 valence electrons. The molecule has 0 spiro atoms. The molecule has 0 bridgehead atoms. The van der Waals surface area contributed by atoms with Crippen molar-refractivity contribution in [2.24, 2.45) is 0 Å². The molecule has 0 saturated carbocycles. The molecule has 1 fully saturated rings. The van der Waals surface area contributed by atoms with Gasteiger partial charge in [0.25, 0.3) is 0 Å². The van der Waals surface area contributed by atoms with Gasteiger partial charge in [0.1, 0.15) is 11.5 Å². The van der Waals surface area contributed by atoms with Crippen LogP contribution in [0.1, 0.15) is 38.9 Å². The number of halogens is 1. The first kappa shape index (κ1) is 20.3. The SMILES string of the molecule is C=Cc1cnc(C)c(C(=O)c2nc(N3CCNC(c4ccccc4)C3)ccc2Cl)c1. The smallest absolute Gasteiger partial charge is 0.214 e. The molecule has 1 aliphatic heterocycles.